The van der Waals surface area contributed by atoms with Crippen molar-refractivity contribution in [2.45, 2.75) is 50.6 Å². The molecule has 0 bridgehead atoms. The van der Waals surface area contributed by atoms with Gasteiger partial charge >= 0.3 is 0 Å². The number of carbonyl (C=O) groups is 2. The number of rotatable bonds is 4. The van der Waals surface area contributed by atoms with Gasteiger partial charge in [-0.2, -0.15) is 0 Å². The fraction of sp³-hybridized carbons (Fsp3) is 0.600. The minimum absolute atomic E-state index is 0.0314. The Balaban J connectivity index is 1.79. The Hall–Kier alpha value is -1.92. The molecule has 26 heavy (non-hydrogen) atoms. The molecule has 2 atom stereocenters. The van der Waals surface area contributed by atoms with Gasteiger partial charge < -0.3 is 20.0 Å². The number of likely N-dealkylation sites (tertiary alicyclic amines) is 2. The summed E-state index contributed by atoms with van der Waals surface area (Å²) in [6.07, 6.45) is 5.54. The van der Waals surface area contributed by atoms with E-state index in [4.69, 9.17) is 0 Å². The normalized spacial score (nSPS) is 23.8. The lowest BCUT2D eigenvalue weighted by atomic mass is 9.99. The lowest BCUT2D eigenvalue weighted by molar-refractivity contribution is 0.0498. The molecule has 3 rings (SSSR count). The number of amides is 2. The molecule has 2 amide bonds. The predicted octanol–water partition coefficient (Wildman–Crippen LogP) is 1.66. The number of hydrogen-bond donors (Lipinski definition) is 2. The number of aliphatic hydroxyl groups excluding tert-OH is 2. The van der Waals surface area contributed by atoms with Crippen LogP contribution < -0.4 is 0 Å². The van der Waals surface area contributed by atoms with Crippen LogP contribution in [0, 0.1) is 0 Å². The Morgan fingerprint density at radius 2 is 1.31 bits per heavy atom. The summed E-state index contributed by atoms with van der Waals surface area (Å²) in [5.41, 5.74) is 0.961. The van der Waals surface area contributed by atoms with Crippen molar-refractivity contribution in [3.8, 4) is 0 Å². The number of nitrogens with zero attached hydrogens (tertiary/aromatic N) is 2. The summed E-state index contributed by atoms with van der Waals surface area (Å²) in [5.74, 6) is -0.258. The lowest BCUT2D eigenvalue weighted by Crippen LogP contribution is -2.46. The van der Waals surface area contributed by atoms with E-state index in [2.05, 4.69) is 0 Å². The average Bonchev–Trinajstić information content (AvgIpc) is 2.72. The molecule has 1 aromatic carbocycles. The van der Waals surface area contributed by atoms with Gasteiger partial charge in [0, 0.05) is 24.2 Å². The molecular formula is C20H28N2O4. The first-order chi connectivity index (χ1) is 12.7. The molecule has 1 aromatic rings. The standard InChI is InChI=1S/C20H28N2O4/c23-13-17-8-1-3-10-21(17)19(25)15-6-5-7-16(12-15)20(26)22-11-4-2-9-18(22)14-24/h5-7,12,17-18,23-24H,1-4,8-11,13-14H2/t17-,18-/m0/s1. The maximum absolute atomic E-state index is 12.9. The summed E-state index contributed by atoms with van der Waals surface area (Å²) >= 11 is 0. The van der Waals surface area contributed by atoms with Crippen LogP contribution in [-0.4, -0.2) is 70.2 Å². The van der Waals surface area contributed by atoms with Gasteiger partial charge in [-0.15, -0.1) is 0 Å². The number of benzene rings is 1. The van der Waals surface area contributed by atoms with E-state index in [0.29, 0.717) is 24.2 Å². The van der Waals surface area contributed by atoms with Gasteiger partial charge in [0.2, 0.25) is 0 Å². The van der Waals surface area contributed by atoms with E-state index in [1.54, 1.807) is 34.1 Å². The summed E-state index contributed by atoms with van der Waals surface area (Å²) in [4.78, 5) is 29.2. The third kappa shape index (κ3) is 3.91. The van der Waals surface area contributed by atoms with Gasteiger partial charge in [0.15, 0.2) is 0 Å². The molecule has 2 saturated heterocycles. The molecule has 0 saturated carbocycles. The van der Waals surface area contributed by atoms with E-state index in [9.17, 15) is 19.8 Å². The van der Waals surface area contributed by atoms with Crippen LogP contribution in [0.5, 0.6) is 0 Å². The van der Waals surface area contributed by atoms with Crippen LogP contribution in [0.1, 0.15) is 59.2 Å². The molecule has 2 fully saturated rings. The van der Waals surface area contributed by atoms with Gasteiger partial charge in [-0.3, -0.25) is 9.59 Å². The van der Waals surface area contributed by atoms with Gasteiger partial charge in [0.1, 0.15) is 0 Å². The first kappa shape index (κ1) is 18.9. The van der Waals surface area contributed by atoms with Crippen molar-refractivity contribution in [3.63, 3.8) is 0 Å². The molecule has 2 heterocycles. The quantitative estimate of drug-likeness (QED) is 0.856. The molecular weight excluding hydrogens is 332 g/mol. The zero-order chi connectivity index (χ0) is 18.5. The molecule has 6 heteroatoms. The third-order valence-electron chi connectivity index (χ3n) is 5.55. The highest BCUT2D eigenvalue weighted by Gasteiger charge is 2.29. The van der Waals surface area contributed by atoms with Crippen molar-refractivity contribution in [3.05, 3.63) is 35.4 Å². The van der Waals surface area contributed by atoms with E-state index >= 15 is 0 Å². The molecule has 2 aliphatic rings. The van der Waals surface area contributed by atoms with E-state index in [1.165, 1.54) is 0 Å². The molecule has 0 aliphatic carbocycles. The third-order valence-corrected chi connectivity index (χ3v) is 5.55. The summed E-state index contributed by atoms with van der Waals surface area (Å²) in [5, 5.41) is 19.1. The molecule has 0 unspecified atom stereocenters. The van der Waals surface area contributed by atoms with Crippen LogP contribution in [0.15, 0.2) is 24.3 Å². The van der Waals surface area contributed by atoms with Gasteiger partial charge in [-0.25, -0.2) is 0 Å². The minimum Gasteiger partial charge on any atom is -0.394 e. The number of piperidine rings is 2. The SMILES string of the molecule is O=C(c1cccc(C(=O)N2CCCC[C@H]2CO)c1)N1CCCC[C@H]1CO. The minimum atomic E-state index is -0.142. The second-order valence-corrected chi connectivity index (χ2v) is 7.24. The topological polar surface area (TPSA) is 81.1 Å². The Kier molecular flexibility index (Phi) is 6.27. The molecule has 0 radical (unpaired) electrons. The van der Waals surface area contributed by atoms with Gasteiger partial charge in [0.25, 0.3) is 11.8 Å². The number of carbonyl (C=O) groups excluding carboxylic acids is 2. The van der Waals surface area contributed by atoms with Gasteiger partial charge in [0.05, 0.1) is 25.3 Å². The highest BCUT2D eigenvalue weighted by molar-refractivity contribution is 6.00. The number of hydrogen-bond acceptors (Lipinski definition) is 4. The first-order valence-electron chi connectivity index (χ1n) is 9.59. The Morgan fingerprint density at radius 1 is 0.846 bits per heavy atom. The van der Waals surface area contributed by atoms with Gasteiger partial charge in [-0.1, -0.05) is 6.07 Å². The fourth-order valence-corrected chi connectivity index (χ4v) is 4.03. The van der Waals surface area contributed by atoms with Crippen LogP contribution >= 0.6 is 0 Å². The Morgan fingerprint density at radius 3 is 1.73 bits per heavy atom. The zero-order valence-electron chi connectivity index (χ0n) is 15.1. The maximum atomic E-state index is 12.9. The molecule has 2 N–H and O–H groups in total. The molecule has 0 spiro atoms. The van der Waals surface area contributed by atoms with Crippen molar-refractivity contribution in [1.29, 1.82) is 0 Å². The second kappa shape index (κ2) is 8.64. The first-order valence-corrected chi connectivity index (χ1v) is 9.59. The Labute approximate surface area is 154 Å². The summed E-state index contributed by atoms with van der Waals surface area (Å²) in [7, 11) is 0. The van der Waals surface area contributed by atoms with Crippen molar-refractivity contribution in [2.24, 2.45) is 0 Å². The summed E-state index contributed by atoms with van der Waals surface area (Å²) < 4.78 is 0. The van der Waals surface area contributed by atoms with Crippen LogP contribution in [0.3, 0.4) is 0 Å². The maximum Gasteiger partial charge on any atom is 0.254 e. The highest BCUT2D eigenvalue weighted by atomic mass is 16.3. The average molecular weight is 360 g/mol. The molecule has 2 aliphatic heterocycles. The molecule has 6 nitrogen and oxygen atoms in total. The fourth-order valence-electron chi connectivity index (χ4n) is 4.03. The molecule has 142 valence electrons. The number of aliphatic hydroxyl groups is 2. The van der Waals surface area contributed by atoms with Crippen LogP contribution in [0.2, 0.25) is 0 Å². The van der Waals surface area contributed by atoms with E-state index in [-0.39, 0.29) is 37.1 Å². The highest BCUT2D eigenvalue weighted by Crippen LogP contribution is 2.22. The smallest absolute Gasteiger partial charge is 0.254 e. The van der Waals surface area contributed by atoms with Crippen molar-refractivity contribution in [2.75, 3.05) is 26.3 Å². The van der Waals surface area contributed by atoms with Gasteiger partial charge in [-0.05, 0) is 56.7 Å². The van der Waals surface area contributed by atoms with Crippen LogP contribution in [-0.2, 0) is 0 Å². The summed E-state index contributed by atoms with van der Waals surface area (Å²) in [6.45, 7) is 1.22. The molecule has 0 aromatic heterocycles. The zero-order valence-corrected chi connectivity index (χ0v) is 15.1. The van der Waals surface area contributed by atoms with Crippen molar-refractivity contribution < 1.29 is 19.8 Å². The largest absolute Gasteiger partial charge is 0.394 e. The van der Waals surface area contributed by atoms with E-state index in [1.807, 2.05) is 0 Å². The van der Waals surface area contributed by atoms with Crippen LogP contribution in [0.25, 0.3) is 0 Å². The Bertz CT molecular complexity index is 597. The van der Waals surface area contributed by atoms with Crippen molar-refractivity contribution >= 4 is 11.8 Å². The van der Waals surface area contributed by atoms with E-state index in [0.717, 1.165) is 38.5 Å². The predicted molar refractivity (Wildman–Crippen MR) is 98.0 cm³/mol. The second-order valence-electron chi connectivity index (χ2n) is 7.24. The summed E-state index contributed by atoms with van der Waals surface area (Å²) in [6, 6.07) is 6.55. The van der Waals surface area contributed by atoms with Crippen molar-refractivity contribution in [1.82, 2.24) is 9.80 Å². The van der Waals surface area contributed by atoms with E-state index < -0.39 is 0 Å². The lowest BCUT2D eigenvalue weighted by Gasteiger charge is -2.35. The van der Waals surface area contributed by atoms with Crippen LogP contribution in [0.4, 0.5) is 0 Å². The monoisotopic (exact) mass is 360 g/mol.